The highest BCUT2D eigenvalue weighted by Gasteiger charge is 2.14. The Bertz CT molecular complexity index is 441. The van der Waals surface area contributed by atoms with E-state index < -0.39 is 0 Å². The molecule has 0 aliphatic rings. The molecule has 0 amide bonds. The first-order valence-electron chi connectivity index (χ1n) is 5.39. The summed E-state index contributed by atoms with van der Waals surface area (Å²) in [6.07, 6.45) is 1.37. The normalized spacial score (nSPS) is 12.8. The average Bonchev–Trinajstić information content (AvgIpc) is 2.98. The van der Waals surface area contributed by atoms with E-state index in [1.165, 1.54) is 4.88 Å². The number of hydrogen-bond donors (Lipinski definition) is 1. The molecule has 1 atom stereocenters. The van der Waals surface area contributed by atoms with Crippen LogP contribution in [-0.4, -0.2) is 23.9 Å². The third-order valence-corrected chi connectivity index (χ3v) is 3.22. The minimum absolute atomic E-state index is 0.250. The molecule has 5 nitrogen and oxygen atoms in total. The second kappa shape index (κ2) is 5.90. The summed E-state index contributed by atoms with van der Waals surface area (Å²) >= 11 is 1.68. The summed E-state index contributed by atoms with van der Waals surface area (Å²) in [7, 11) is 1.64. The Morgan fingerprint density at radius 3 is 3.18 bits per heavy atom. The Kier molecular flexibility index (Phi) is 4.24. The van der Waals surface area contributed by atoms with Gasteiger partial charge in [0.15, 0.2) is 5.82 Å². The minimum Gasteiger partial charge on any atom is -0.385 e. The van der Waals surface area contributed by atoms with Gasteiger partial charge in [-0.1, -0.05) is 11.2 Å². The lowest BCUT2D eigenvalue weighted by molar-refractivity contribution is 0.182. The Morgan fingerprint density at radius 2 is 2.47 bits per heavy atom. The minimum atomic E-state index is -0.250. The van der Waals surface area contributed by atoms with E-state index in [4.69, 9.17) is 15.0 Å². The number of rotatable bonds is 6. The predicted molar refractivity (Wildman–Crippen MR) is 64.8 cm³/mol. The lowest BCUT2D eigenvalue weighted by Crippen LogP contribution is -2.13. The van der Waals surface area contributed by atoms with E-state index >= 15 is 0 Å². The van der Waals surface area contributed by atoms with Crippen LogP contribution < -0.4 is 5.73 Å². The summed E-state index contributed by atoms with van der Waals surface area (Å²) in [5, 5.41) is 5.95. The predicted octanol–water partition coefficient (Wildman–Crippen LogP) is 1.76. The Labute approximate surface area is 104 Å². The lowest BCUT2D eigenvalue weighted by atomic mass is 10.2. The Balaban J connectivity index is 1.95. The Morgan fingerprint density at radius 1 is 1.59 bits per heavy atom. The molecule has 0 aliphatic carbocycles. The van der Waals surface area contributed by atoms with Gasteiger partial charge in [0.05, 0.1) is 6.04 Å². The fourth-order valence-corrected chi connectivity index (χ4v) is 2.13. The molecule has 0 saturated carbocycles. The molecule has 0 saturated heterocycles. The van der Waals surface area contributed by atoms with Crippen molar-refractivity contribution in [2.45, 2.75) is 18.9 Å². The monoisotopic (exact) mass is 253 g/mol. The maximum atomic E-state index is 5.89. The smallest absolute Gasteiger partial charge is 0.243 e. The van der Waals surface area contributed by atoms with E-state index in [9.17, 15) is 0 Å². The zero-order valence-electron chi connectivity index (χ0n) is 9.63. The number of nitrogens with two attached hydrogens (primary N) is 1. The van der Waals surface area contributed by atoms with E-state index in [0.717, 1.165) is 0 Å². The fourth-order valence-electron chi connectivity index (χ4n) is 1.43. The summed E-state index contributed by atoms with van der Waals surface area (Å²) in [6.45, 7) is 0.587. The second-order valence-corrected chi connectivity index (χ2v) is 4.73. The van der Waals surface area contributed by atoms with Gasteiger partial charge >= 0.3 is 0 Å². The number of aromatic nitrogens is 2. The number of ether oxygens (including phenoxy) is 1. The van der Waals surface area contributed by atoms with E-state index in [1.54, 1.807) is 18.4 Å². The first-order chi connectivity index (χ1) is 8.29. The zero-order valence-corrected chi connectivity index (χ0v) is 10.4. The molecule has 0 spiro atoms. The SMILES string of the molecule is COCCC(N)c1nc(Cc2cccs2)no1. The maximum Gasteiger partial charge on any atom is 0.243 e. The van der Waals surface area contributed by atoms with Crippen LogP contribution in [0.4, 0.5) is 0 Å². The first kappa shape index (κ1) is 12.2. The molecule has 0 radical (unpaired) electrons. The molecule has 0 fully saturated rings. The molecular weight excluding hydrogens is 238 g/mol. The van der Waals surface area contributed by atoms with Gasteiger partial charge < -0.3 is 15.0 Å². The van der Waals surface area contributed by atoms with E-state index in [-0.39, 0.29) is 6.04 Å². The van der Waals surface area contributed by atoms with E-state index in [1.807, 2.05) is 17.5 Å². The Hall–Kier alpha value is -1.24. The molecular formula is C11H15N3O2S. The standard InChI is InChI=1S/C11H15N3O2S/c1-15-5-4-9(12)11-13-10(14-16-11)7-8-3-2-6-17-8/h2-3,6,9H,4-5,7,12H2,1H3. The van der Waals surface area contributed by atoms with Crippen LogP contribution in [0.1, 0.15) is 29.1 Å². The van der Waals surface area contributed by atoms with Crippen molar-refractivity contribution in [2.75, 3.05) is 13.7 Å². The van der Waals surface area contributed by atoms with Crippen LogP contribution in [0.5, 0.6) is 0 Å². The van der Waals surface area contributed by atoms with Crippen LogP contribution in [0, 0.1) is 0 Å². The summed E-state index contributed by atoms with van der Waals surface area (Å²) < 4.78 is 10.1. The summed E-state index contributed by atoms with van der Waals surface area (Å²) in [4.78, 5) is 5.50. The summed E-state index contributed by atoms with van der Waals surface area (Å²) in [6, 6.07) is 3.80. The van der Waals surface area contributed by atoms with Crippen molar-refractivity contribution in [3.05, 3.63) is 34.1 Å². The van der Waals surface area contributed by atoms with Crippen molar-refractivity contribution in [1.29, 1.82) is 0 Å². The quantitative estimate of drug-likeness (QED) is 0.849. The molecule has 0 aliphatic heterocycles. The van der Waals surface area contributed by atoms with Crippen LogP contribution in [0.15, 0.2) is 22.0 Å². The van der Waals surface area contributed by atoms with Crippen LogP contribution in [-0.2, 0) is 11.2 Å². The number of thiophene rings is 1. The molecule has 17 heavy (non-hydrogen) atoms. The van der Waals surface area contributed by atoms with E-state index in [2.05, 4.69) is 10.1 Å². The van der Waals surface area contributed by atoms with Crippen molar-refractivity contribution in [3.8, 4) is 0 Å². The molecule has 1 unspecified atom stereocenters. The van der Waals surface area contributed by atoms with Crippen LogP contribution >= 0.6 is 11.3 Å². The van der Waals surface area contributed by atoms with Gasteiger partial charge in [-0.15, -0.1) is 11.3 Å². The highest BCUT2D eigenvalue weighted by Crippen LogP contribution is 2.15. The highest BCUT2D eigenvalue weighted by atomic mass is 32.1. The molecule has 2 N–H and O–H groups in total. The number of methoxy groups -OCH3 is 1. The molecule has 0 aromatic carbocycles. The van der Waals surface area contributed by atoms with Gasteiger partial charge in [-0.25, -0.2) is 0 Å². The van der Waals surface area contributed by atoms with Crippen LogP contribution in [0.3, 0.4) is 0 Å². The summed E-state index contributed by atoms with van der Waals surface area (Å²) in [5.74, 6) is 1.16. The van der Waals surface area contributed by atoms with Gasteiger partial charge in [-0.2, -0.15) is 4.98 Å². The topological polar surface area (TPSA) is 74.2 Å². The van der Waals surface area contributed by atoms with Crippen molar-refractivity contribution < 1.29 is 9.26 Å². The molecule has 2 aromatic rings. The van der Waals surface area contributed by atoms with Gasteiger partial charge in [0, 0.05) is 25.0 Å². The maximum absolute atomic E-state index is 5.89. The first-order valence-corrected chi connectivity index (χ1v) is 6.27. The molecule has 6 heteroatoms. The molecule has 2 aromatic heterocycles. The average molecular weight is 253 g/mol. The molecule has 92 valence electrons. The van der Waals surface area contributed by atoms with Crippen molar-refractivity contribution in [3.63, 3.8) is 0 Å². The van der Waals surface area contributed by atoms with Gasteiger partial charge in [-0.3, -0.25) is 0 Å². The van der Waals surface area contributed by atoms with E-state index in [0.29, 0.717) is 31.2 Å². The second-order valence-electron chi connectivity index (χ2n) is 3.69. The van der Waals surface area contributed by atoms with Crippen molar-refractivity contribution >= 4 is 11.3 Å². The third-order valence-electron chi connectivity index (χ3n) is 2.35. The number of nitrogens with zero attached hydrogens (tertiary/aromatic N) is 2. The fraction of sp³-hybridized carbons (Fsp3) is 0.455. The third kappa shape index (κ3) is 3.36. The van der Waals surface area contributed by atoms with Crippen LogP contribution in [0.25, 0.3) is 0 Å². The number of hydrogen-bond acceptors (Lipinski definition) is 6. The van der Waals surface area contributed by atoms with Gasteiger partial charge in [0.2, 0.25) is 5.89 Å². The van der Waals surface area contributed by atoms with Crippen molar-refractivity contribution in [1.82, 2.24) is 10.1 Å². The molecule has 2 heterocycles. The lowest BCUT2D eigenvalue weighted by Gasteiger charge is -2.04. The molecule has 2 rings (SSSR count). The zero-order chi connectivity index (χ0) is 12.1. The highest BCUT2D eigenvalue weighted by molar-refractivity contribution is 7.09. The van der Waals surface area contributed by atoms with Crippen molar-refractivity contribution in [2.24, 2.45) is 5.73 Å². The largest absolute Gasteiger partial charge is 0.385 e. The molecule has 0 bridgehead atoms. The summed E-state index contributed by atoms with van der Waals surface area (Å²) in [5.41, 5.74) is 5.89. The van der Waals surface area contributed by atoms with Gasteiger partial charge in [0.25, 0.3) is 0 Å². The van der Waals surface area contributed by atoms with Crippen LogP contribution in [0.2, 0.25) is 0 Å². The van der Waals surface area contributed by atoms with Gasteiger partial charge in [-0.05, 0) is 17.9 Å². The van der Waals surface area contributed by atoms with Gasteiger partial charge in [0.1, 0.15) is 0 Å².